The van der Waals surface area contributed by atoms with Gasteiger partial charge in [0.05, 0.1) is 17.1 Å². The van der Waals surface area contributed by atoms with E-state index >= 15 is 0 Å². The van der Waals surface area contributed by atoms with Gasteiger partial charge in [-0.2, -0.15) is 13.2 Å². The van der Waals surface area contributed by atoms with E-state index in [0.717, 1.165) is 6.07 Å². The average Bonchev–Trinajstić information content (AvgIpc) is 2.36. The number of nitrogens with two attached hydrogens (primary N) is 1. The van der Waals surface area contributed by atoms with Crippen molar-refractivity contribution in [3.8, 4) is 0 Å². The summed E-state index contributed by atoms with van der Waals surface area (Å²) < 4.78 is 39.7. The topological polar surface area (TPSA) is 107 Å². The van der Waals surface area contributed by atoms with Gasteiger partial charge < -0.3 is 15.8 Å². The third kappa shape index (κ3) is 5.26. The number of amides is 1. The summed E-state index contributed by atoms with van der Waals surface area (Å²) in [7, 11) is 0. The first-order valence-corrected chi connectivity index (χ1v) is 5.68. The number of nitro groups is 1. The molecule has 0 aliphatic heterocycles. The predicted molar refractivity (Wildman–Crippen MR) is 66.7 cm³/mol. The molecule has 21 heavy (non-hydrogen) atoms. The Morgan fingerprint density at radius 3 is 2.67 bits per heavy atom. The van der Waals surface area contributed by atoms with Gasteiger partial charge in [0, 0.05) is 12.6 Å². The monoisotopic (exact) mass is 307 g/mol. The van der Waals surface area contributed by atoms with Crippen molar-refractivity contribution in [2.24, 2.45) is 0 Å². The number of benzene rings is 1. The Balaban J connectivity index is 2.53. The lowest BCUT2D eigenvalue weighted by atomic mass is 10.1. The van der Waals surface area contributed by atoms with E-state index in [9.17, 15) is 28.1 Å². The number of carbonyl (C=O) groups is 1. The lowest BCUT2D eigenvalue weighted by Crippen LogP contribution is -2.29. The Kier molecular flexibility index (Phi) is 5.47. The molecule has 0 aromatic heterocycles. The zero-order valence-electron chi connectivity index (χ0n) is 10.6. The molecule has 0 saturated carbocycles. The highest BCUT2D eigenvalue weighted by Gasteiger charge is 2.27. The van der Waals surface area contributed by atoms with Crippen molar-refractivity contribution in [3.05, 3.63) is 33.9 Å². The maximum atomic E-state index is 11.8. The summed E-state index contributed by atoms with van der Waals surface area (Å²) in [5.41, 5.74) is 4.64. The molecule has 1 amide bonds. The van der Waals surface area contributed by atoms with Crippen molar-refractivity contribution in [2.75, 3.05) is 25.5 Å². The fourth-order valence-corrected chi connectivity index (χ4v) is 1.43. The number of nitrogens with one attached hydrogen (secondary N) is 1. The van der Waals surface area contributed by atoms with Crippen LogP contribution in [0.3, 0.4) is 0 Å². The first-order valence-electron chi connectivity index (χ1n) is 5.68. The Morgan fingerprint density at radius 1 is 1.43 bits per heavy atom. The van der Waals surface area contributed by atoms with Gasteiger partial charge in [-0.1, -0.05) is 6.07 Å². The second kappa shape index (κ2) is 6.88. The summed E-state index contributed by atoms with van der Waals surface area (Å²) >= 11 is 0. The Bertz CT molecular complexity index is 534. The summed E-state index contributed by atoms with van der Waals surface area (Å²) in [6.45, 7) is -1.95. The van der Waals surface area contributed by atoms with Crippen LogP contribution >= 0.6 is 0 Å². The van der Waals surface area contributed by atoms with Crippen LogP contribution < -0.4 is 11.1 Å². The molecule has 0 fully saturated rings. The minimum absolute atomic E-state index is 0.125. The molecule has 0 unspecified atom stereocenters. The molecule has 1 aromatic carbocycles. The largest absolute Gasteiger partial charge is 0.411 e. The number of hydrogen-bond acceptors (Lipinski definition) is 5. The van der Waals surface area contributed by atoms with E-state index in [2.05, 4.69) is 10.1 Å². The van der Waals surface area contributed by atoms with Crippen LogP contribution in [0.5, 0.6) is 0 Å². The highest BCUT2D eigenvalue weighted by Crippen LogP contribution is 2.24. The van der Waals surface area contributed by atoms with Gasteiger partial charge in [0.25, 0.3) is 11.6 Å². The molecule has 0 heterocycles. The lowest BCUT2D eigenvalue weighted by molar-refractivity contribution is -0.383. The van der Waals surface area contributed by atoms with Gasteiger partial charge in [-0.25, -0.2) is 0 Å². The number of alkyl halides is 3. The minimum Gasteiger partial charge on any atom is -0.393 e. The third-order valence-electron chi connectivity index (χ3n) is 2.32. The van der Waals surface area contributed by atoms with E-state index in [4.69, 9.17) is 5.73 Å². The van der Waals surface area contributed by atoms with Crippen LogP contribution in [0.4, 0.5) is 24.5 Å². The predicted octanol–water partition coefficient (Wildman–Crippen LogP) is 1.49. The van der Waals surface area contributed by atoms with Crippen molar-refractivity contribution in [2.45, 2.75) is 6.18 Å². The van der Waals surface area contributed by atoms with Gasteiger partial charge in [-0.3, -0.25) is 14.9 Å². The second-order valence-electron chi connectivity index (χ2n) is 3.92. The summed E-state index contributed by atoms with van der Waals surface area (Å²) in [5.74, 6) is -0.730. The molecule has 0 bridgehead atoms. The zero-order valence-corrected chi connectivity index (χ0v) is 10.6. The molecular weight excluding hydrogens is 295 g/mol. The van der Waals surface area contributed by atoms with Crippen LogP contribution in [0.2, 0.25) is 0 Å². The van der Waals surface area contributed by atoms with E-state index in [1.165, 1.54) is 12.1 Å². The zero-order chi connectivity index (χ0) is 16.0. The number of carbonyl (C=O) groups excluding carboxylic acids is 1. The number of ether oxygens (including phenoxy) is 1. The maximum absolute atomic E-state index is 11.8. The fraction of sp³-hybridized carbons (Fsp3) is 0.364. The molecule has 10 heteroatoms. The highest BCUT2D eigenvalue weighted by atomic mass is 19.4. The van der Waals surface area contributed by atoms with Crippen LogP contribution in [0.15, 0.2) is 18.2 Å². The number of para-hydroxylation sites is 1. The van der Waals surface area contributed by atoms with Gasteiger partial charge in [0.15, 0.2) is 0 Å². The molecule has 1 rings (SSSR count). The molecule has 0 spiro atoms. The molecule has 3 N–H and O–H groups in total. The quantitative estimate of drug-likeness (QED) is 0.358. The van der Waals surface area contributed by atoms with E-state index in [-0.39, 0.29) is 24.4 Å². The van der Waals surface area contributed by atoms with Crippen LogP contribution in [0, 0.1) is 10.1 Å². The molecule has 7 nitrogen and oxygen atoms in total. The van der Waals surface area contributed by atoms with Crippen molar-refractivity contribution in [1.29, 1.82) is 0 Å². The van der Waals surface area contributed by atoms with Gasteiger partial charge in [0.2, 0.25) is 0 Å². The molecule has 116 valence electrons. The van der Waals surface area contributed by atoms with E-state index in [0.29, 0.717) is 0 Å². The molecule has 1 aromatic rings. The van der Waals surface area contributed by atoms with E-state index < -0.39 is 29.3 Å². The van der Waals surface area contributed by atoms with Crippen LogP contribution in [-0.4, -0.2) is 36.8 Å². The Morgan fingerprint density at radius 2 is 2.10 bits per heavy atom. The lowest BCUT2D eigenvalue weighted by Gasteiger charge is -2.09. The van der Waals surface area contributed by atoms with Crippen LogP contribution in [0.25, 0.3) is 0 Å². The van der Waals surface area contributed by atoms with Gasteiger partial charge in [-0.05, 0) is 6.07 Å². The SMILES string of the molecule is Nc1c(C(=O)NCCOCC(F)(F)F)cccc1[N+](=O)[O-]. The number of nitrogen functional groups attached to an aromatic ring is 1. The number of hydrogen-bond donors (Lipinski definition) is 2. The van der Waals surface area contributed by atoms with Crippen molar-refractivity contribution in [1.82, 2.24) is 5.32 Å². The first-order chi connectivity index (χ1) is 9.72. The Labute approximate surface area is 117 Å². The number of anilines is 1. The molecular formula is C11H12F3N3O4. The molecule has 0 aliphatic rings. The first kappa shape index (κ1) is 16.7. The number of rotatable bonds is 6. The van der Waals surface area contributed by atoms with Crippen molar-refractivity contribution >= 4 is 17.3 Å². The van der Waals surface area contributed by atoms with Gasteiger partial charge in [0.1, 0.15) is 12.3 Å². The van der Waals surface area contributed by atoms with E-state index in [1.807, 2.05) is 0 Å². The summed E-state index contributed by atoms with van der Waals surface area (Å²) in [4.78, 5) is 21.6. The average molecular weight is 307 g/mol. The summed E-state index contributed by atoms with van der Waals surface area (Å²) in [6, 6.07) is 3.69. The van der Waals surface area contributed by atoms with Crippen molar-refractivity contribution in [3.63, 3.8) is 0 Å². The fourth-order valence-electron chi connectivity index (χ4n) is 1.43. The smallest absolute Gasteiger partial charge is 0.393 e. The molecule has 0 aliphatic carbocycles. The summed E-state index contributed by atoms with van der Waals surface area (Å²) in [5, 5.41) is 12.9. The molecule has 0 radical (unpaired) electrons. The number of nitrogens with zero attached hydrogens (tertiary/aromatic N) is 1. The third-order valence-corrected chi connectivity index (χ3v) is 2.32. The molecule has 0 saturated heterocycles. The number of halogens is 3. The van der Waals surface area contributed by atoms with Crippen LogP contribution in [-0.2, 0) is 4.74 Å². The van der Waals surface area contributed by atoms with Crippen molar-refractivity contribution < 1.29 is 27.6 Å². The standard InChI is InChI=1S/C11H12F3N3O4/c12-11(13,14)6-21-5-4-16-10(18)7-2-1-3-8(9(7)15)17(19)20/h1-3H,4-6,15H2,(H,16,18). The van der Waals surface area contributed by atoms with Gasteiger partial charge in [-0.15, -0.1) is 0 Å². The normalized spacial score (nSPS) is 11.2. The molecule has 0 atom stereocenters. The second-order valence-corrected chi connectivity index (χ2v) is 3.92. The minimum atomic E-state index is -4.44. The number of nitro benzene ring substituents is 1. The Hall–Kier alpha value is -2.36. The van der Waals surface area contributed by atoms with E-state index in [1.54, 1.807) is 0 Å². The highest BCUT2D eigenvalue weighted by molar-refractivity contribution is 6.00. The summed E-state index contributed by atoms with van der Waals surface area (Å²) in [6.07, 6.45) is -4.44. The van der Waals surface area contributed by atoms with Gasteiger partial charge >= 0.3 is 6.18 Å². The van der Waals surface area contributed by atoms with Crippen LogP contribution in [0.1, 0.15) is 10.4 Å². The maximum Gasteiger partial charge on any atom is 0.411 e.